The minimum absolute atomic E-state index is 0.0690. The van der Waals surface area contributed by atoms with Gasteiger partial charge in [-0.25, -0.2) is 4.98 Å². The van der Waals surface area contributed by atoms with Crippen molar-refractivity contribution >= 4 is 22.4 Å². The Hall–Kier alpha value is -0.940. The van der Waals surface area contributed by atoms with E-state index in [0.29, 0.717) is 5.13 Å². The second kappa shape index (κ2) is 4.51. The van der Waals surface area contributed by atoms with Crippen molar-refractivity contribution in [3.8, 4) is 0 Å². The van der Waals surface area contributed by atoms with E-state index in [4.69, 9.17) is 5.73 Å². The normalized spacial score (nSPS) is 24.7. The maximum absolute atomic E-state index is 11.9. The van der Waals surface area contributed by atoms with Crippen LogP contribution in [0.15, 0.2) is 0 Å². The highest BCUT2D eigenvalue weighted by Crippen LogP contribution is 2.27. The number of amides is 1. The number of rotatable bonds is 2. The Bertz CT molecular complexity index is 382. The van der Waals surface area contributed by atoms with Gasteiger partial charge < -0.3 is 11.1 Å². The summed E-state index contributed by atoms with van der Waals surface area (Å²) in [6, 6.07) is 0.190. The summed E-state index contributed by atoms with van der Waals surface area (Å²) in [5, 5.41) is 3.59. The molecule has 1 amide bonds. The fourth-order valence-electron chi connectivity index (χ4n) is 1.99. The Morgan fingerprint density at radius 3 is 2.75 bits per heavy atom. The van der Waals surface area contributed by atoms with Crippen LogP contribution in [0.3, 0.4) is 0 Å². The second-order valence-corrected chi connectivity index (χ2v) is 5.62. The van der Waals surface area contributed by atoms with Gasteiger partial charge in [-0.15, -0.1) is 11.3 Å². The molecule has 1 aliphatic carbocycles. The second-order valence-electron chi connectivity index (χ2n) is 4.42. The van der Waals surface area contributed by atoms with Crippen molar-refractivity contribution in [1.29, 1.82) is 0 Å². The predicted molar refractivity (Wildman–Crippen MR) is 65.5 cm³/mol. The highest BCUT2D eigenvalue weighted by atomic mass is 32.1. The predicted octanol–water partition coefficient (Wildman–Crippen LogP) is 1.83. The van der Waals surface area contributed by atoms with Gasteiger partial charge in [-0.1, -0.05) is 0 Å². The summed E-state index contributed by atoms with van der Waals surface area (Å²) in [7, 11) is 0. The van der Waals surface area contributed by atoms with Gasteiger partial charge in [-0.3, -0.25) is 4.79 Å². The molecule has 1 saturated carbocycles. The standard InChI is InChI=1S/C11H17N3OS/c1-6-7(2)16-11(13-6)14-10(15)8-3-4-9(12)5-8/h8-9H,3-5,12H2,1-2H3,(H,13,14,15). The molecule has 2 rings (SSSR count). The topological polar surface area (TPSA) is 68.0 Å². The molecule has 3 N–H and O–H groups in total. The number of nitrogens with two attached hydrogens (primary N) is 1. The number of aromatic nitrogens is 1. The molecule has 1 aromatic heterocycles. The minimum atomic E-state index is 0.0690. The molecule has 2 atom stereocenters. The zero-order chi connectivity index (χ0) is 11.7. The Morgan fingerprint density at radius 2 is 2.25 bits per heavy atom. The zero-order valence-corrected chi connectivity index (χ0v) is 10.4. The minimum Gasteiger partial charge on any atom is -0.328 e. The van der Waals surface area contributed by atoms with Gasteiger partial charge in [0.25, 0.3) is 0 Å². The van der Waals surface area contributed by atoms with E-state index in [9.17, 15) is 4.79 Å². The van der Waals surface area contributed by atoms with E-state index in [0.717, 1.165) is 29.8 Å². The third kappa shape index (κ3) is 2.41. The molecule has 4 nitrogen and oxygen atoms in total. The van der Waals surface area contributed by atoms with Crippen LogP contribution < -0.4 is 11.1 Å². The number of hydrogen-bond donors (Lipinski definition) is 2. The molecule has 2 unspecified atom stereocenters. The van der Waals surface area contributed by atoms with E-state index in [-0.39, 0.29) is 17.9 Å². The highest BCUT2D eigenvalue weighted by Gasteiger charge is 2.28. The Kier molecular flexibility index (Phi) is 3.25. The van der Waals surface area contributed by atoms with E-state index in [1.807, 2.05) is 13.8 Å². The van der Waals surface area contributed by atoms with Crippen molar-refractivity contribution in [3.05, 3.63) is 10.6 Å². The van der Waals surface area contributed by atoms with Gasteiger partial charge in [0, 0.05) is 16.8 Å². The number of hydrogen-bond acceptors (Lipinski definition) is 4. The first-order chi connectivity index (χ1) is 7.56. The molecular weight excluding hydrogens is 222 g/mol. The number of thiazole rings is 1. The molecule has 16 heavy (non-hydrogen) atoms. The van der Waals surface area contributed by atoms with Gasteiger partial charge in [-0.05, 0) is 33.1 Å². The van der Waals surface area contributed by atoms with Crippen LogP contribution in [0.5, 0.6) is 0 Å². The van der Waals surface area contributed by atoms with E-state index >= 15 is 0 Å². The van der Waals surface area contributed by atoms with E-state index in [2.05, 4.69) is 10.3 Å². The SMILES string of the molecule is Cc1nc(NC(=O)C2CCC(N)C2)sc1C. The molecule has 88 valence electrons. The molecular formula is C11H17N3OS. The third-order valence-corrected chi connectivity index (χ3v) is 4.09. The lowest BCUT2D eigenvalue weighted by Gasteiger charge is -2.08. The summed E-state index contributed by atoms with van der Waals surface area (Å²) < 4.78 is 0. The van der Waals surface area contributed by atoms with Crippen molar-refractivity contribution in [3.63, 3.8) is 0 Å². The number of carbonyl (C=O) groups excluding carboxylic acids is 1. The number of carbonyl (C=O) groups is 1. The van der Waals surface area contributed by atoms with Crippen LogP contribution in [0.1, 0.15) is 29.8 Å². The molecule has 1 fully saturated rings. The lowest BCUT2D eigenvalue weighted by Crippen LogP contribution is -2.23. The van der Waals surface area contributed by atoms with Crippen LogP contribution >= 0.6 is 11.3 Å². The average Bonchev–Trinajstić information content (AvgIpc) is 2.75. The third-order valence-electron chi connectivity index (χ3n) is 3.10. The Morgan fingerprint density at radius 1 is 1.50 bits per heavy atom. The molecule has 0 aromatic carbocycles. The van der Waals surface area contributed by atoms with E-state index in [1.54, 1.807) is 0 Å². The van der Waals surface area contributed by atoms with Crippen LogP contribution in [0.2, 0.25) is 0 Å². The van der Waals surface area contributed by atoms with Gasteiger partial charge in [0.1, 0.15) is 0 Å². The molecule has 0 aliphatic heterocycles. The average molecular weight is 239 g/mol. The highest BCUT2D eigenvalue weighted by molar-refractivity contribution is 7.15. The van der Waals surface area contributed by atoms with Gasteiger partial charge in [-0.2, -0.15) is 0 Å². The summed E-state index contributed by atoms with van der Waals surface area (Å²) in [6.07, 6.45) is 2.65. The van der Waals surface area contributed by atoms with Crippen LogP contribution in [0.4, 0.5) is 5.13 Å². The number of anilines is 1. The smallest absolute Gasteiger partial charge is 0.229 e. The summed E-state index contributed by atoms with van der Waals surface area (Å²) in [6.45, 7) is 3.96. The zero-order valence-electron chi connectivity index (χ0n) is 9.62. The molecule has 0 spiro atoms. The van der Waals surface area contributed by atoms with E-state index < -0.39 is 0 Å². The Labute approximate surface area is 99.3 Å². The lowest BCUT2D eigenvalue weighted by molar-refractivity contribution is -0.119. The fourth-order valence-corrected chi connectivity index (χ4v) is 2.81. The van der Waals surface area contributed by atoms with Crippen molar-refractivity contribution in [2.75, 3.05) is 5.32 Å². The van der Waals surface area contributed by atoms with Crippen LogP contribution in [0, 0.1) is 19.8 Å². The quantitative estimate of drug-likeness (QED) is 0.827. The first-order valence-corrected chi connectivity index (χ1v) is 6.38. The van der Waals surface area contributed by atoms with Gasteiger partial charge >= 0.3 is 0 Å². The number of nitrogens with zero attached hydrogens (tertiary/aromatic N) is 1. The number of nitrogens with one attached hydrogen (secondary N) is 1. The summed E-state index contributed by atoms with van der Waals surface area (Å²) in [4.78, 5) is 17.3. The van der Waals surface area contributed by atoms with Crippen molar-refractivity contribution in [2.24, 2.45) is 11.7 Å². The molecule has 1 aliphatic rings. The first-order valence-electron chi connectivity index (χ1n) is 5.56. The fraction of sp³-hybridized carbons (Fsp3) is 0.636. The molecule has 1 aromatic rings. The molecule has 0 radical (unpaired) electrons. The summed E-state index contributed by atoms with van der Waals surface area (Å²) in [5.74, 6) is 0.140. The van der Waals surface area contributed by atoms with Crippen molar-refractivity contribution < 1.29 is 4.79 Å². The van der Waals surface area contributed by atoms with Gasteiger partial charge in [0.15, 0.2) is 5.13 Å². The first kappa shape index (κ1) is 11.5. The summed E-state index contributed by atoms with van der Waals surface area (Å²) >= 11 is 1.53. The Balaban J connectivity index is 1.97. The largest absolute Gasteiger partial charge is 0.328 e. The lowest BCUT2D eigenvalue weighted by atomic mass is 10.1. The monoisotopic (exact) mass is 239 g/mol. The maximum Gasteiger partial charge on any atom is 0.229 e. The number of aryl methyl sites for hydroxylation is 2. The van der Waals surface area contributed by atoms with Gasteiger partial charge in [0.2, 0.25) is 5.91 Å². The molecule has 5 heteroatoms. The molecule has 0 saturated heterocycles. The molecule has 0 bridgehead atoms. The molecule has 1 heterocycles. The summed E-state index contributed by atoms with van der Waals surface area (Å²) in [5.41, 5.74) is 6.78. The van der Waals surface area contributed by atoms with E-state index in [1.165, 1.54) is 11.3 Å². The van der Waals surface area contributed by atoms with Gasteiger partial charge in [0.05, 0.1) is 5.69 Å². The van der Waals surface area contributed by atoms with Crippen molar-refractivity contribution in [2.45, 2.75) is 39.2 Å². The van der Waals surface area contributed by atoms with Crippen LogP contribution in [0.25, 0.3) is 0 Å². The van der Waals surface area contributed by atoms with Crippen molar-refractivity contribution in [1.82, 2.24) is 4.98 Å². The van der Waals surface area contributed by atoms with Crippen LogP contribution in [-0.2, 0) is 4.79 Å². The van der Waals surface area contributed by atoms with Crippen LogP contribution in [-0.4, -0.2) is 16.9 Å². The maximum atomic E-state index is 11.9.